The second-order valence-corrected chi connectivity index (χ2v) is 6.36. The highest BCUT2D eigenvalue weighted by Gasteiger charge is 2.29. The highest BCUT2D eigenvalue weighted by molar-refractivity contribution is 5.79. The molecule has 0 radical (unpaired) electrons. The van der Waals surface area contributed by atoms with E-state index in [2.05, 4.69) is 15.6 Å². The van der Waals surface area contributed by atoms with E-state index in [9.17, 15) is 18.3 Å². The Labute approximate surface area is 152 Å². The first-order valence-corrected chi connectivity index (χ1v) is 8.66. The predicted octanol–water partition coefficient (Wildman–Crippen LogP) is 2.79. The van der Waals surface area contributed by atoms with Crippen LogP contribution in [0.5, 0.6) is 0 Å². The lowest BCUT2D eigenvalue weighted by Crippen LogP contribution is -2.42. The molecule has 148 valence electrons. The van der Waals surface area contributed by atoms with Gasteiger partial charge in [-0.3, -0.25) is 0 Å². The molecular weight excluding hydrogens is 347 g/mol. The van der Waals surface area contributed by atoms with Gasteiger partial charge in [0.15, 0.2) is 5.96 Å². The molecule has 0 bridgehead atoms. The van der Waals surface area contributed by atoms with Crippen LogP contribution in [0, 0.1) is 5.92 Å². The van der Waals surface area contributed by atoms with Crippen LogP contribution in [0.25, 0.3) is 0 Å². The van der Waals surface area contributed by atoms with E-state index in [1.54, 1.807) is 0 Å². The first kappa shape index (κ1) is 22.2. The third-order valence-corrected chi connectivity index (χ3v) is 3.31. The van der Waals surface area contributed by atoms with Gasteiger partial charge in [0.2, 0.25) is 0 Å². The van der Waals surface area contributed by atoms with Crippen molar-refractivity contribution in [1.82, 2.24) is 10.6 Å². The molecule has 8 heteroatoms. The van der Waals surface area contributed by atoms with Crippen LogP contribution in [0.1, 0.15) is 31.9 Å². The molecule has 0 saturated heterocycles. The summed E-state index contributed by atoms with van der Waals surface area (Å²) in [7, 11) is 0. The van der Waals surface area contributed by atoms with Gasteiger partial charge in [-0.25, -0.2) is 4.99 Å². The molecule has 26 heavy (non-hydrogen) atoms. The van der Waals surface area contributed by atoms with Gasteiger partial charge in [0, 0.05) is 19.7 Å². The van der Waals surface area contributed by atoms with Gasteiger partial charge in [-0.1, -0.05) is 26.0 Å². The highest BCUT2D eigenvalue weighted by atomic mass is 19.4. The average molecular weight is 375 g/mol. The van der Waals surface area contributed by atoms with E-state index in [-0.39, 0.29) is 19.7 Å². The first-order valence-electron chi connectivity index (χ1n) is 8.66. The number of benzene rings is 1. The minimum absolute atomic E-state index is 0.226. The van der Waals surface area contributed by atoms with E-state index in [1.165, 1.54) is 12.1 Å². The Hall–Kier alpha value is -1.80. The maximum Gasteiger partial charge on any atom is 0.416 e. The molecule has 0 aliphatic rings. The van der Waals surface area contributed by atoms with Gasteiger partial charge < -0.3 is 20.5 Å². The van der Waals surface area contributed by atoms with Gasteiger partial charge in [0.1, 0.15) is 0 Å². The lowest BCUT2D eigenvalue weighted by molar-refractivity contribution is -0.137. The number of hydrogen-bond donors (Lipinski definition) is 3. The second kappa shape index (κ2) is 11.0. The molecule has 1 aromatic carbocycles. The van der Waals surface area contributed by atoms with Crippen molar-refractivity contribution < 1.29 is 23.0 Å². The molecule has 0 amide bonds. The summed E-state index contributed by atoms with van der Waals surface area (Å²) >= 11 is 0. The summed E-state index contributed by atoms with van der Waals surface area (Å²) in [6.45, 7) is 7.88. The number of halogens is 3. The fraction of sp³-hybridized carbons (Fsp3) is 0.611. The molecule has 1 unspecified atom stereocenters. The molecule has 0 aromatic heterocycles. The molecular formula is C18H28F3N3O2. The summed E-state index contributed by atoms with van der Waals surface area (Å²) in [4.78, 5) is 4.32. The molecule has 5 nitrogen and oxygen atoms in total. The predicted molar refractivity (Wildman–Crippen MR) is 95.9 cm³/mol. The van der Waals surface area contributed by atoms with E-state index < -0.39 is 17.8 Å². The van der Waals surface area contributed by atoms with Gasteiger partial charge in [-0.2, -0.15) is 13.2 Å². The molecule has 1 aromatic rings. The quantitative estimate of drug-likeness (QED) is 0.459. The van der Waals surface area contributed by atoms with Crippen LogP contribution in [0.3, 0.4) is 0 Å². The molecule has 3 N–H and O–H groups in total. The van der Waals surface area contributed by atoms with Gasteiger partial charge in [-0.15, -0.1) is 0 Å². The topological polar surface area (TPSA) is 65.9 Å². The Morgan fingerprint density at radius 3 is 2.35 bits per heavy atom. The lowest BCUT2D eigenvalue weighted by Gasteiger charge is -2.16. The summed E-state index contributed by atoms with van der Waals surface area (Å²) in [5.74, 6) is 0.882. The monoisotopic (exact) mass is 375 g/mol. The maximum absolute atomic E-state index is 12.6. The first-order chi connectivity index (χ1) is 12.2. The van der Waals surface area contributed by atoms with Gasteiger partial charge >= 0.3 is 6.18 Å². The van der Waals surface area contributed by atoms with Gasteiger partial charge in [0.25, 0.3) is 0 Å². The molecule has 0 aliphatic carbocycles. The van der Waals surface area contributed by atoms with Crippen LogP contribution < -0.4 is 10.6 Å². The second-order valence-electron chi connectivity index (χ2n) is 6.36. The number of ether oxygens (including phenoxy) is 1. The Morgan fingerprint density at radius 1 is 1.15 bits per heavy atom. The van der Waals surface area contributed by atoms with Crippen LogP contribution >= 0.6 is 0 Å². The molecule has 0 saturated carbocycles. The highest BCUT2D eigenvalue weighted by Crippen LogP contribution is 2.29. The van der Waals surface area contributed by atoms with Crippen molar-refractivity contribution in [3.05, 3.63) is 35.4 Å². The summed E-state index contributed by atoms with van der Waals surface area (Å²) in [5, 5.41) is 15.9. The summed E-state index contributed by atoms with van der Waals surface area (Å²) in [5.41, 5.74) is -0.0178. The number of hydrogen-bond acceptors (Lipinski definition) is 3. The van der Waals surface area contributed by atoms with Crippen molar-refractivity contribution in [2.24, 2.45) is 10.9 Å². The van der Waals surface area contributed by atoms with Crippen molar-refractivity contribution in [1.29, 1.82) is 0 Å². The number of nitrogens with zero attached hydrogens (tertiary/aromatic N) is 1. The van der Waals surface area contributed by atoms with Crippen molar-refractivity contribution in [2.45, 2.75) is 39.6 Å². The van der Waals surface area contributed by atoms with Crippen molar-refractivity contribution in [3.63, 3.8) is 0 Å². The number of aliphatic hydroxyl groups excluding tert-OH is 1. The molecule has 0 heterocycles. The largest absolute Gasteiger partial charge is 0.416 e. The van der Waals surface area contributed by atoms with Gasteiger partial charge in [0.05, 0.1) is 24.8 Å². The summed E-state index contributed by atoms with van der Waals surface area (Å²) in [6, 6.07) is 4.90. The van der Waals surface area contributed by atoms with E-state index in [1.807, 2.05) is 20.8 Å². The van der Waals surface area contributed by atoms with E-state index in [0.29, 0.717) is 30.6 Å². The van der Waals surface area contributed by atoms with E-state index in [4.69, 9.17) is 4.74 Å². The van der Waals surface area contributed by atoms with Crippen molar-refractivity contribution >= 4 is 5.96 Å². The van der Waals surface area contributed by atoms with Gasteiger partial charge in [-0.05, 0) is 30.5 Å². The number of guanidine groups is 1. The zero-order valence-electron chi connectivity index (χ0n) is 15.4. The minimum atomic E-state index is -4.34. The van der Waals surface area contributed by atoms with Crippen LogP contribution in [0.4, 0.5) is 13.2 Å². The number of nitrogens with one attached hydrogen (secondary N) is 2. The fourth-order valence-electron chi connectivity index (χ4n) is 2.02. The molecule has 1 atom stereocenters. The van der Waals surface area contributed by atoms with Crippen LogP contribution in [0.15, 0.2) is 29.3 Å². The standard InChI is InChI=1S/C18H28F3N3O2/c1-4-22-17(24-10-16(25)12-26-11-13(2)3)23-9-14-5-7-15(8-6-14)18(19,20)21/h5-8,13,16,25H,4,9-12H2,1-3H3,(H2,22,23,24). The average Bonchev–Trinajstić information content (AvgIpc) is 2.56. The minimum Gasteiger partial charge on any atom is -0.389 e. The summed E-state index contributed by atoms with van der Waals surface area (Å²) in [6.07, 6.45) is -5.02. The third-order valence-electron chi connectivity index (χ3n) is 3.31. The van der Waals surface area contributed by atoms with Crippen LogP contribution in [0.2, 0.25) is 0 Å². The van der Waals surface area contributed by atoms with Crippen molar-refractivity contribution in [3.8, 4) is 0 Å². The number of alkyl halides is 3. The molecule has 0 spiro atoms. The lowest BCUT2D eigenvalue weighted by atomic mass is 10.1. The molecule has 0 aliphatic heterocycles. The van der Waals surface area contributed by atoms with Crippen LogP contribution in [-0.2, 0) is 17.5 Å². The normalized spacial score (nSPS) is 13.8. The Kier molecular flexibility index (Phi) is 9.43. The SMILES string of the molecule is CCNC(=NCc1ccc(C(F)(F)F)cc1)NCC(O)COCC(C)C. The Morgan fingerprint density at radius 2 is 1.81 bits per heavy atom. The zero-order valence-corrected chi connectivity index (χ0v) is 15.4. The summed E-state index contributed by atoms with van der Waals surface area (Å²) < 4.78 is 43.1. The number of rotatable bonds is 9. The zero-order chi connectivity index (χ0) is 19.6. The Bertz CT molecular complexity index is 546. The number of aliphatic hydroxyl groups is 1. The van der Waals surface area contributed by atoms with Crippen molar-refractivity contribution in [2.75, 3.05) is 26.3 Å². The smallest absolute Gasteiger partial charge is 0.389 e. The molecule has 1 rings (SSSR count). The number of aliphatic imine (C=N–C) groups is 1. The third kappa shape index (κ3) is 9.05. The molecule has 0 fully saturated rings. The van der Waals surface area contributed by atoms with Crippen LogP contribution in [-0.4, -0.2) is 43.5 Å². The Balaban J connectivity index is 2.52. The van der Waals surface area contributed by atoms with E-state index >= 15 is 0 Å². The van der Waals surface area contributed by atoms with E-state index in [0.717, 1.165) is 12.1 Å². The fourth-order valence-corrected chi connectivity index (χ4v) is 2.02. The maximum atomic E-state index is 12.6.